The number of halogens is 1. The van der Waals surface area contributed by atoms with E-state index >= 15 is 0 Å². The van der Waals surface area contributed by atoms with Gasteiger partial charge in [0, 0.05) is 23.0 Å². The third-order valence-electron chi connectivity index (χ3n) is 3.83. The van der Waals surface area contributed by atoms with Crippen LogP contribution in [0.15, 0.2) is 28.7 Å². The third kappa shape index (κ3) is 3.56. The Morgan fingerprint density at radius 3 is 2.44 bits per heavy atom. The molecule has 0 saturated heterocycles. The molecule has 1 aromatic rings. The van der Waals surface area contributed by atoms with Crippen molar-refractivity contribution in [1.29, 1.82) is 0 Å². The Bertz CT molecular complexity index is 373. The first-order chi connectivity index (χ1) is 8.66. The van der Waals surface area contributed by atoms with E-state index in [-0.39, 0.29) is 0 Å². The number of hydrogen-bond donors (Lipinski definition) is 1. The lowest BCUT2D eigenvalue weighted by molar-refractivity contribution is 0.255. The predicted molar refractivity (Wildman–Crippen MR) is 78.9 cm³/mol. The zero-order valence-corrected chi connectivity index (χ0v) is 12.6. The molecule has 0 heterocycles. The monoisotopic (exact) mass is 311 g/mol. The van der Waals surface area contributed by atoms with Crippen LogP contribution in [0.5, 0.6) is 0 Å². The normalized spacial score (nSPS) is 17.1. The van der Waals surface area contributed by atoms with Crippen LogP contribution in [0.3, 0.4) is 0 Å². The van der Waals surface area contributed by atoms with Crippen molar-refractivity contribution in [1.82, 2.24) is 4.90 Å². The van der Waals surface area contributed by atoms with Crippen LogP contribution < -0.4 is 0 Å². The summed E-state index contributed by atoms with van der Waals surface area (Å²) >= 11 is 3.49. The maximum atomic E-state index is 8.81. The maximum absolute atomic E-state index is 8.81. The molecule has 1 fully saturated rings. The molecule has 1 aliphatic rings. The van der Waals surface area contributed by atoms with E-state index in [0.717, 1.165) is 30.4 Å². The Kier molecular flexibility index (Phi) is 4.82. The fourth-order valence-corrected chi connectivity index (χ4v) is 2.85. The molecular weight excluding hydrogens is 290 g/mol. The van der Waals surface area contributed by atoms with Crippen LogP contribution in [0, 0.1) is 0 Å². The molecule has 1 N–H and O–H groups in total. The zero-order chi connectivity index (χ0) is 13.0. The van der Waals surface area contributed by atoms with Crippen molar-refractivity contribution in [2.24, 2.45) is 0 Å². The van der Waals surface area contributed by atoms with Gasteiger partial charge in [-0.1, -0.05) is 28.1 Å². The van der Waals surface area contributed by atoms with Crippen molar-refractivity contribution in [3.05, 3.63) is 34.3 Å². The minimum atomic E-state index is 0.311. The van der Waals surface area contributed by atoms with E-state index in [1.165, 1.54) is 18.4 Å². The summed E-state index contributed by atoms with van der Waals surface area (Å²) in [7, 11) is 2.19. The van der Waals surface area contributed by atoms with E-state index in [4.69, 9.17) is 5.11 Å². The Morgan fingerprint density at radius 1 is 1.22 bits per heavy atom. The van der Waals surface area contributed by atoms with Crippen molar-refractivity contribution in [3.63, 3.8) is 0 Å². The van der Waals surface area contributed by atoms with Crippen molar-refractivity contribution < 1.29 is 5.11 Å². The van der Waals surface area contributed by atoms with Gasteiger partial charge in [0.1, 0.15) is 0 Å². The first-order valence-corrected chi connectivity index (χ1v) is 7.51. The van der Waals surface area contributed by atoms with E-state index in [1.807, 2.05) is 0 Å². The SMILES string of the molecule is CN(CCCCO)CC1(c2ccc(Br)cc2)CC1. The molecule has 18 heavy (non-hydrogen) atoms. The lowest BCUT2D eigenvalue weighted by atomic mass is 9.95. The van der Waals surface area contributed by atoms with Gasteiger partial charge in [0.15, 0.2) is 0 Å². The Balaban J connectivity index is 1.89. The molecule has 1 saturated carbocycles. The summed E-state index contributed by atoms with van der Waals surface area (Å²) in [4.78, 5) is 2.41. The van der Waals surface area contributed by atoms with Crippen LogP contribution in [-0.2, 0) is 5.41 Å². The van der Waals surface area contributed by atoms with E-state index in [2.05, 4.69) is 52.1 Å². The lowest BCUT2D eigenvalue weighted by Crippen LogP contribution is -2.30. The predicted octanol–water partition coefficient (Wildman–Crippen LogP) is 3.19. The van der Waals surface area contributed by atoms with Gasteiger partial charge in [-0.05, 0) is 57.0 Å². The Morgan fingerprint density at radius 2 is 1.89 bits per heavy atom. The highest BCUT2D eigenvalue weighted by molar-refractivity contribution is 9.10. The van der Waals surface area contributed by atoms with Gasteiger partial charge in [-0.25, -0.2) is 0 Å². The number of likely N-dealkylation sites (N-methyl/N-ethyl adjacent to an activating group) is 1. The second kappa shape index (κ2) is 6.18. The van der Waals surface area contributed by atoms with Crippen LogP contribution in [0.2, 0.25) is 0 Å². The molecule has 1 aromatic carbocycles. The average molecular weight is 312 g/mol. The number of benzene rings is 1. The second-order valence-corrected chi connectivity index (χ2v) is 6.37. The molecule has 0 spiro atoms. The quantitative estimate of drug-likeness (QED) is 0.782. The zero-order valence-electron chi connectivity index (χ0n) is 11.0. The highest BCUT2D eigenvalue weighted by atomic mass is 79.9. The number of unbranched alkanes of at least 4 members (excludes halogenated alkanes) is 1. The van der Waals surface area contributed by atoms with E-state index < -0.39 is 0 Å². The van der Waals surface area contributed by atoms with Crippen molar-refractivity contribution in [3.8, 4) is 0 Å². The van der Waals surface area contributed by atoms with Crippen LogP contribution >= 0.6 is 15.9 Å². The average Bonchev–Trinajstić information content (AvgIpc) is 3.11. The number of rotatable bonds is 7. The summed E-state index contributed by atoms with van der Waals surface area (Å²) in [6.07, 6.45) is 4.61. The third-order valence-corrected chi connectivity index (χ3v) is 4.36. The molecule has 0 radical (unpaired) electrons. The molecule has 0 amide bonds. The first kappa shape index (κ1) is 14.0. The summed E-state index contributed by atoms with van der Waals surface area (Å²) in [5.41, 5.74) is 1.87. The number of hydrogen-bond acceptors (Lipinski definition) is 2. The van der Waals surface area contributed by atoms with Gasteiger partial charge in [0.2, 0.25) is 0 Å². The van der Waals surface area contributed by atoms with Gasteiger partial charge in [-0.3, -0.25) is 0 Å². The van der Waals surface area contributed by atoms with Crippen molar-refractivity contribution in [2.75, 3.05) is 26.7 Å². The minimum absolute atomic E-state index is 0.311. The Labute approximate surface area is 118 Å². The largest absolute Gasteiger partial charge is 0.396 e. The van der Waals surface area contributed by atoms with Gasteiger partial charge < -0.3 is 10.0 Å². The molecule has 2 rings (SSSR count). The summed E-state index contributed by atoms with van der Waals surface area (Å²) in [5.74, 6) is 0. The molecule has 0 atom stereocenters. The lowest BCUT2D eigenvalue weighted by Gasteiger charge is -2.24. The highest BCUT2D eigenvalue weighted by Gasteiger charge is 2.44. The van der Waals surface area contributed by atoms with Crippen LogP contribution in [0.4, 0.5) is 0 Å². The van der Waals surface area contributed by atoms with Gasteiger partial charge in [0.05, 0.1) is 0 Å². The van der Waals surface area contributed by atoms with Crippen LogP contribution in [0.1, 0.15) is 31.2 Å². The van der Waals surface area contributed by atoms with Gasteiger partial charge in [0.25, 0.3) is 0 Å². The second-order valence-electron chi connectivity index (χ2n) is 5.46. The van der Waals surface area contributed by atoms with Gasteiger partial charge in [-0.15, -0.1) is 0 Å². The molecule has 0 unspecified atom stereocenters. The van der Waals surface area contributed by atoms with Crippen LogP contribution in [0.25, 0.3) is 0 Å². The molecule has 2 nitrogen and oxygen atoms in total. The number of nitrogens with zero attached hydrogens (tertiary/aromatic N) is 1. The fraction of sp³-hybridized carbons (Fsp3) is 0.600. The number of aliphatic hydroxyl groups excluding tert-OH is 1. The van der Waals surface area contributed by atoms with Gasteiger partial charge in [-0.2, -0.15) is 0 Å². The first-order valence-electron chi connectivity index (χ1n) is 6.72. The van der Waals surface area contributed by atoms with Crippen LogP contribution in [-0.4, -0.2) is 36.8 Å². The van der Waals surface area contributed by atoms with Gasteiger partial charge >= 0.3 is 0 Å². The minimum Gasteiger partial charge on any atom is -0.396 e. The molecular formula is C15H22BrNO. The molecule has 0 bridgehead atoms. The summed E-state index contributed by atoms with van der Waals surface area (Å²) in [5, 5.41) is 8.81. The summed E-state index contributed by atoms with van der Waals surface area (Å²) in [6.45, 7) is 2.53. The Hall–Kier alpha value is -0.380. The highest BCUT2D eigenvalue weighted by Crippen LogP contribution is 2.48. The molecule has 3 heteroatoms. The maximum Gasteiger partial charge on any atom is 0.0431 e. The molecule has 0 aliphatic heterocycles. The smallest absolute Gasteiger partial charge is 0.0431 e. The summed E-state index contributed by atoms with van der Waals surface area (Å²) in [6, 6.07) is 8.78. The fourth-order valence-electron chi connectivity index (χ4n) is 2.58. The van der Waals surface area contributed by atoms with Crippen molar-refractivity contribution in [2.45, 2.75) is 31.1 Å². The van der Waals surface area contributed by atoms with E-state index in [9.17, 15) is 0 Å². The number of aliphatic hydroxyl groups is 1. The van der Waals surface area contributed by atoms with Crippen molar-refractivity contribution >= 4 is 15.9 Å². The standard InChI is InChI=1S/C15H22BrNO/c1-17(10-2-3-11-18)12-15(8-9-15)13-4-6-14(16)7-5-13/h4-7,18H,2-3,8-12H2,1H3. The molecule has 100 valence electrons. The molecule has 1 aliphatic carbocycles. The summed E-state index contributed by atoms with van der Waals surface area (Å²) < 4.78 is 1.15. The molecule has 0 aromatic heterocycles. The van der Waals surface area contributed by atoms with E-state index in [1.54, 1.807) is 0 Å². The topological polar surface area (TPSA) is 23.5 Å². The van der Waals surface area contributed by atoms with E-state index in [0.29, 0.717) is 12.0 Å².